The van der Waals surface area contributed by atoms with Crippen LogP contribution in [0.15, 0.2) is 10.5 Å². The molecule has 0 aliphatic heterocycles. The van der Waals surface area contributed by atoms with Crippen molar-refractivity contribution >= 4 is 15.9 Å². The van der Waals surface area contributed by atoms with Crippen LogP contribution in [0.1, 0.15) is 18.4 Å². The quantitative estimate of drug-likeness (QED) is 0.716. The molecular formula is C9H11BrFNO2. The number of phenols is 2. The molecule has 0 aliphatic rings. The largest absolute Gasteiger partial charge is 0.504 e. The number of hydrogen-bond acceptors (Lipinski definition) is 3. The molecule has 1 aromatic rings. The van der Waals surface area contributed by atoms with Crippen molar-refractivity contribution in [2.24, 2.45) is 5.73 Å². The van der Waals surface area contributed by atoms with E-state index in [-0.39, 0.29) is 28.2 Å². The Morgan fingerprint density at radius 1 is 1.57 bits per heavy atom. The van der Waals surface area contributed by atoms with Crippen molar-refractivity contribution in [3.63, 3.8) is 0 Å². The Kier molecular flexibility index (Phi) is 3.34. The molecule has 4 N–H and O–H groups in total. The molecule has 1 rings (SSSR count). The number of phenolic OH excluding ortho intramolecular Hbond substituents is 2. The lowest BCUT2D eigenvalue weighted by atomic mass is 9.99. The molecule has 0 aromatic heterocycles. The molecule has 0 bridgehead atoms. The molecule has 1 aromatic carbocycles. The minimum absolute atomic E-state index is 0.0411. The SMILES string of the molecule is CC(CN)c1c(O)c(O)cc(Br)c1F. The monoisotopic (exact) mass is 263 g/mol. The smallest absolute Gasteiger partial charge is 0.164 e. The van der Waals surface area contributed by atoms with Crippen LogP contribution in [-0.4, -0.2) is 16.8 Å². The highest BCUT2D eigenvalue weighted by Crippen LogP contribution is 2.39. The summed E-state index contributed by atoms with van der Waals surface area (Å²) < 4.78 is 13.6. The van der Waals surface area contributed by atoms with E-state index in [0.717, 1.165) is 6.07 Å². The predicted molar refractivity (Wildman–Crippen MR) is 54.9 cm³/mol. The number of hydrogen-bond donors (Lipinski definition) is 3. The van der Waals surface area contributed by atoms with E-state index in [0.29, 0.717) is 0 Å². The number of halogens is 2. The van der Waals surface area contributed by atoms with Gasteiger partial charge in [0.15, 0.2) is 11.5 Å². The van der Waals surface area contributed by atoms with Crippen LogP contribution in [0.4, 0.5) is 4.39 Å². The van der Waals surface area contributed by atoms with E-state index in [9.17, 15) is 14.6 Å². The summed E-state index contributed by atoms with van der Waals surface area (Å²) in [5.41, 5.74) is 5.41. The average Bonchev–Trinajstić information content (AvgIpc) is 2.15. The lowest BCUT2D eigenvalue weighted by Gasteiger charge is -2.14. The first kappa shape index (κ1) is 11.3. The van der Waals surface area contributed by atoms with Gasteiger partial charge in [0, 0.05) is 17.5 Å². The molecule has 0 radical (unpaired) electrons. The van der Waals surface area contributed by atoms with Gasteiger partial charge in [0.2, 0.25) is 0 Å². The Bertz CT molecular complexity index is 331. The standard InChI is InChI=1S/C9H11BrFNO2/c1-4(3-12)7-8(11)5(10)2-6(13)9(7)14/h2,4,13-14H,3,12H2,1H3. The van der Waals surface area contributed by atoms with Crippen LogP contribution in [0.5, 0.6) is 11.5 Å². The topological polar surface area (TPSA) is 66.5 Å². The first-order valence-corrected chi connectivity index (χ1v) is 4.88. The third-order valence-electron chi connectivity index (χ3n) is 2.05. The number of nitrogens with two attached hydrogens (primary N) is 1. The van der Waals surface area contributed by atoms with Gasteiger partial charge in [-0.05, 0) is 22.5 Å². The van der Waals surface area contributed by atoms with Gasteiger partial charge in [-0.1, -0.05) is 6.92 Å². The Labute approximate surface area is 89.5 Å². The van der Waals surface area contributed by atoms with Gasteiger partial charge in [-0.15, -0.1) is 0 Å². The van der Waals surface area contributed by atoms with Gasteiger partial charge in [-0.3, -0.25) is 0 Å². The fourth-order valence-electron chi connectivity index (χ4n) is 1.19. The van der Waals surface area contributed by atoms with Crippen LogP contribution in [0, 0.1) is 5.82 Å². The van der Waals surface area contributed by atoms with E-state index in [4.69, 9.17) is 5.73 Å². The van der Waals surface area contributed by atoms with Crippen molar-refractivity contribution in [2.75, 3.05) is 6.54 Å². The average molecular weight is 264 g/mol. The zero-order valence-electron chi connectivity index (χ0n) is 7.59. The molecule has 78 valence electrons. The van der Waals surface area contributed by atoms with Gasteiger partial charge in [0.05, 0.1) is 4.47 Å². The lowest BCUT2D eigenvalue weighted by Crippen LogP contribution is -2.11. The Morgan fingerprint density at radius 3 is 2.64 bits per heavy atom. The zero-order chi connectivity index (χ0) is 10.9. The van der Waals surface area contributed by atoms with E-state index in [2.05, 4.69) is 15.9 Å². The molecule has 0 heterocycles. The summed E-state index contributed by atoms with van der Waals surface area (Å²) in [6.45, 7) is 1.87. The zero-order valence-corrected chi connectivity index (χ0v) is 9.18. The lowest BCUT2D eigenvalue weighted by molar-refractivity contribution is 0.389. The van der Waals surface area contributed by atoms with Crippen molar-refractivity contribution in [1.82, 2.24) is 0 Å². The van der Waals surface area contributed by atoms with Gasteiger partial charge in [-0.25, -0.2) is 4.39 Å². The highest BCUT2D eigenvalue weighted by atomic mass is 79.9. The minimum atomic E-state index is -0.585. The van der Waals surface area contributed by atoms with Gasteiger partial charge in [0.25, 0.3) is 0 Å². The van der Waals surface area contributed by atoms with Crippen molar-refractivity contribution in [1.29, 1.82) is 0 Å². The molecule has 0 fully saturated rings. The summed E-state index contributed by atoms with van der Waals surface area (Å²) in [5, 5.41) is 18.7. The minimum Gasteiger partial charge on any atom is -0.504 e. The van der Waals surface area contributed by atoms with Crippen molar-refractivity contribution in [3.8, 4) is 11.5 Å². The van der Waals surface area contributed by atoms with E-state index >= 15 is 0 Å². The van der Waals surface area contributed by atoms with E-state index < -0.39 is 11.6 Å². The highest BCUT2D eigenvalue weighted by molar-refractivity contribution is 9.10. The third-order valence-corrected chi connectivity index (χ3v) is 2.63. The van der Waals surface area contributed by atoms with Crippen molar-refractivity contribution in [2.45, 2.75) is 12.8 Å². The highest BCUT2D eigenvalue weighted by Gasteiger charge is 2.20. The molecule has 14 heavy (non-hydrogen) atoms. The van der Waals surface area contributed by atoms with E-state index in [1.165, 1.54) is 0 Å². The van der Waals surface area contributed by atoms with Crippen LogP contribution >= 0.6 is 15.9 Å². The maximum absolute atomic E-state index is 13.5. The Balaban J connectivity index is 3.39. The van der Waals surface area contributed by atoms with Crippen molar-refractivity contribution in [3.05, 3.63) is 21.9 Å². The molecular weight excluding hydrogens is 253 g/mol. The first-order valence-electron chi connectivity index (χ1n) is 4.09. The van der Waals surface area contributed by atoms with Crippen LogP contribution in [0.25, 0.3) is 0 Å². The second kappa shape index (κ2) is 4.14. The summed E-state index contributed by atoms with van der Waals surface area (Å²) in [7, 11) is 0. The maximum Gasteiger partial charge on any atom is 0.164 e. The molecule has 0 spiro atoms. The number of aromatic hydroxyl groups is 2. The van der Waals surface area contributed by atoms with E-state index in [1.807, 2.05) is 0 Å². The number of benzene rings is 1. The Hall–Kier alpha value is -0.810. The molecule has 0 aliphatic carbocycles. The predicted octanol–water partition coefficient (Wildman–Crippen LogP) is 2.06. The second-order valence-corrected chi connectivity index (χ2v) is 3.94. The van der Waals surface area contributed by atoms with E-state index in [1.54, 1.807) is 6.92 Å². The first-order chi connectivity index (χ1) is 6.49. The summed E-state index contributed by atoms with van der Waals surface area (Å²) in [6, 6.07) is 1.11. The van der Waals surface area contributed by atoms with Crippen LogP contribution in [-0.2, 0) is 0 Å². The summed E-state index contributed by atoms with van der Waals surface area (Å²) in [4.78, 5) is 0. The molecule has 0 saturated carbocycles. The summed E-state index contributed by atoms with van der Waals surface area (Å²) in [5.74, 6) is -1.73. The second-order valence-electron chi connectivity index (χ2n) is 3.09. The van der Waals surface area contributed by atoms with Gasteiger partial charge < -0.3 is 15.9 Å². The third kappa shape index (κ3) is 1.83. The fraction of sp³-hybridized carbons (Fsp3) is 0.333. The molecule has 1 unspecified atom stereocenters. The molecule has 0 amide bonds. The molecule has 1 atom stereocenters. The van der Waals surface area contributed by atoms with Crippen molar-refractivity contribution < 1.29 is 14.6 Å². The van der Waals surface area contributed by atoms with Crippen LogP contribution < -0.4 is 5.73 Å². The van der Waals surface area contributed by atoms with Crippen LogP contribution in [0.2, 0.25) is 0 Å². The fourth-order valence-corrected chi connectivity index (χ4v) is 1.62. The Morgan fingerprint density at radius 2 is 2.14 bits per heavy atom. The van der Waals surface area contributed by atoms with Gasteiger partial charge >= 0.3 is 0 Å². The van der Waals surface area contributed by atoms with Gasteiger partial charge in [0.1, 0.15) is 5.82 Å². The summed E-state index contributed by atoms with van der Waals surface area (Å²) >= 11 is 2.94. The molecule has 0 saturated heterocycles. The normalized spacial score (nSPS) is 12.9. The molecule has 3 nitrogen and oxygen atoms in total. The maximum atomic E-state index is 13.5. The van der Waals surface area contributed by atoms with Crippen LogP contribution in [0.3, 0.4) is 0 Å². The number of rotatable bonds is 2. The van der Waals surface area contributed by atoms with Gasteiger partial charge in [-0.2, -0.15) is 0 Å². The molecule has 5 heteroatoms. The summed E-state index contributed by atoms with van der Waals surface area (Å²) in [6.07, 6.45) is 0.